The third-order valence-corrected chi connectivity index (χ3v) is 7.06. The van der Waals surface area contributed by atoms with Crippen molar-refractivity contribution in [2.45, 2.75) is 32.9 Å². The first-order valence-corrected chi connectivity index (χ1v) is 13.3. The molecule has 1 aliphatic rings. The fourth-order valence-corrected chi connectivity index (χ4v) is 5.06. The second-order valence-electron chi connectivity index (χ2n) is 9.53. The predicted molar refractivity (Wildman–Crippen MR) is 146 cm³/mol. The van der Waals surface area contributed by atoms with Crippen LogP contribution in [0.25, 0.3) is 32.7 Å². The summed E-state index contributed by atoms with van der Waals surface area (Å²) in [5.41, 5.74) is 2.97. The predicted octanol–water partition coefficient (Wildman–Crippen LogP) is 3.41. The molecule has 0 unspecified atom stereocenters. The van der Waals surface area contributed by atoms with E-state index in [-0.39, 0.29) is 6.03 Å². The average Bonchev–Trinajstić information content (AvgIpc) is 3.31. The number of urea groups is 1. The lowest BCUT2D eigenvalue weighted by Gasteiger charge is -2.26. The Bertz CT molecular complexity index is 1410. The number of thiazole rings is 1. The molecule has 198 valence electrons. The second-order valence-corrected chi connectivity index (χ2v) is 10.5. The maximum atomic E-state index is 12.1. The summed E-state index contributed by atoms with van der Waals surface area (Å²) in [6.45, 7) is 9.68. The van der Waals surface area contributed by atoms with Gasteiger partial charge in [0.25, 0.3) is 0 Å². The summed E-state index contributed by atoms with van der Waals surface area (Å²) in [5, 5.41) is 16.2. The van der Waals surface area contributed by atoms with Gasteiger partial charge in [0.2, 0.25) is 0 Å². The van der Waals surface area contributed by atoms with Gasteiger partial charge in [-0.05, 0) is 38.5 Å². The number of rotatable bonds is 7. The molecule has 0 radical (unpaired) electrons. The number of hydrogen-bond acceptors (Lipinski definition) is 10. The highest BCUT2D eigenvalue weighted by Gasteiger charge is 2.21. The third kappa shape index (κ3) is 5.94. The minimum absolute atomic E-state index is 0.312. The van der Waals surface area contributed by atoms with Crippen LogP contribution < -0.4 is 10.6 Å². The molecule has 3 N–H and O–H groups in total. The van der Waals surface area contributed by atoms with Crippen LogP contribution in [-0.4, -0.2) is 73.8 Å². The number of morpholine rings is 1. The lowest BCUT2D eigenvalue weighted by molar-refractivity contribution is 0.0341. The highest BCUT2D eigenvalue weighted by molar-refractivity contribution is 7.22. The molecule has 4 heterocycles. The van der Waals surface area contributed by atoms with E-state index in [0.29, 0.717) is 28.8 Å². The summed E-state index contributed by atoms with van der Waals surface area (Å²) >= 11 is 1.37. The first-order chi connectivity index (χ1) is 18.3. The van der Waals surface area contributed by atoms with E-state index in [1.165, 1.54) is 11.3 Å². The molecule has 11 nitrogen and oxygen atoms in total. The van der Waals surface area contributed by atoms with Crippen LogP contribution in [0, 0.1) is 0 Å². The Kier molecular flexibility index (Phi) is 7.56. The number of carbonyl (C=O) groups excluding carboxylic acids is 1. The molecule has 1 saturated heterocycles. The molecule has 1 fully saturated rings. The summed E-state index contributed by atoms with van der Waals surface area (Å²) in [5.74, 6) is 0.897. The number of carbonyl (C=O) groups is 1. The van der Waals surface area contributed by atoms with Gasteiger partial charge >= 0.3 is 6.03 Å². The van der Waals surface area contributed by atoms with Crippen LogP contribution in [0.1, 0.15) is 32.2 Å². The zero-order valence-electron chi connectivity index (χ0n) is 21.6. The van der Waals surface area contributed by atoms with E-state index in [2.05, 4.69) is 30.5 Å². The quantitative estimate of drug-likeness (QED) is 0.326. The van der Waals surface area contributed by atoms with Gasteiger partial charge in [-0.2, -0.15) is 0 Å². The van der Waals surface area contributed by atoms with Gasteiger partial charge in [0.1, 0.15) is 5.60 Å². The zero-order chi connectivity index (χ0) is 26.7. The highest BCUT2D eigenvalue weighted by Crippen LogP contribution is 2.37. The number of amides is 2. The van der Waals surface area contributed by atoms with Crippen molar-refractivity contribution >= 4 is 32.7 Å². The van der Waals surface area contributed by atoms with Gasteiger partial charge in [-0.15, -0.1) is 0 Å². The molecule has 1 aromatic carbocycles. The van der Waals surface area contributed by atoms with Crippen molar-refractivity contribution in [1.82, 2.24) is 35.1 Å². The number of hydrogen-bond donors (Lipinski definition) is 3. The molecule has 0 spiro atoms. The summed E-state index contributed by atoms with van der Waals surface area (Å²) < 4.78 is 6.29. The van der Waals surface area contributed by atoms with Crippen molar-refractivity contribution in [2.24, 2.45) is 0 Å². The molecular formula is C26H30N8O3S. The molecule has 4 aromatic rings. The standard InChI is InChI=1S/C26H30N8O3S/c1-4-27-24(35)33-25-32-20-10-17(18-13-30-23(31-14-18)26(2,3)36)9-19(21(20)38-25)22-28-11-16(12-29-22)15-34-5-7-37-8-6-34/h9-14,36H,4-8,15H2,1-3H3,(H2,27,32,33,35). The Balaban J connectivity index is 1.52. The molecule has 1 aliphatic heterocycles. The fraction of sp³-hybridized carbons (Fsp3) is 0.385. The van der Waals surface area contributed by atoms with Gasteiger partial charge in [-0.1, -0.05) is 11.3 Å². The van der Waals surface area contributed by atoms with Crippen LogP contribution in [-0.2, 0) is 16.9 Å². The van der Waals surface area contributed by atoms with Crippen molar-refractivity contribution in [3.63, 3.8) is 0 Å². The van der Waals surface area contributed by atoms with Crippen LogP contribution in [0.2, 0.25) is 0 Å². The molecule has 38 heavy (non-hydrogen) atoms. The SMILES string of the molecule is CCNC(=O)Nc1nc2cc(-c3cnc(C(C)(C)O)nc3)cc(-c3ncc(CN4CCOCC4)cn3)c2s1. The van der Waals surface area contributed by atoms with Crippen LogP contribution in [0.3, 0.4) is 0 Å². The van der Waals surface area contributed by atoms with Crippen LogP contribution in [0.4, 0.5) is 9.93 Å². The minimum Gasteiger partial charge on any atom is -0.382 e. The Morgan fingerprint density at radius 3 is 2.45 bits per heavy atom. The van der Waals surface area contributed by atoms with Crippen molar-refractivity contribution in [3.05, 3.63) is 48.3 Å². The number of nitrogens with one attached hydrogen (secondary N) is 2. The third-order valence-electron chi connectivity index (χ3n) is 6.04. The van der Waals surface area contributed by atoms with Crippen molar-refractivity contribution in [2.75, 3.05) is 38.2 Å². The molecule has 12 heteroatoms. The van der Waals surface area contributed by atoms with Crippen LogP contribution >= 0.6 is 11.3 Å². The van der Waals surface area contributed by atoms with E-state index in [9.17, 15) is 9.90 Å². The molecule has 5 rings (SSSR count). The van der Waals surface area contributed by atoms with Crippen molar-refractivity contribution in [3.8, 4) is 22.5 Å². The normalized spacial score (nSPS) is 14.5. The number of nitrogens with zero attached hydrogens (tertiary/aromatic N) is 6. The van der Waals surface area contributed by atoms with Gasteiger partial charge in [0, 0.05) is 67.7 Å². The van der Waals surface area contributed by atoms with Crippen LogP contribution in [0.5, 0.6) is 0 Å². The zero-order valence-corrected chi connectivity index (χ0v) is 22.4. The Labute approximate surface area is 224 Å². The average molecular weight is 535 g/mol. The number of benzene rings is 1. The molecule has 0 bridgehead atoms. The van der Waals surface area contributed by atoms with E-state index in [1.807, 2.05) is 31.5 Å². The number of aliphatic hydroxyl groups is 1. The first kappa shape index (κ1) is 26.0. The lowest BCUT2D eigenvalue weighted by atomic mass is 10.0. The van der Waals surface area contributed by atoms with E-state index >= 15 is 0 Å². The van der Waals surface area contributed by atoms with Gasteiger partial charge in [0.05, 0.1) is 23.4 Å². The summed E-state index contributed by atoms with van der Waals surface area (Å²) in [4.78, 5) is 37.2. The molecule has 0 atom stereocenters. The largest absolute Gasteiger partial charge is 0.382 e. The van der Waals surface area contributed by atoms with Gasteiger partial charge in [-0.25, -0.2) is 29.7 Å². The number of fused-ring (bicyclic) bond motifs is 1. The van der Waals surface area contributed by atoms with E-state index in [0.717, 1.165) is 59.8 Å². The monoisotopic (exact) mass is 534 g/mol. The highest BCUT2D eigenvalue weighted by atomic mass is 32.1. The smallest absolute Gasteiger partial charge is 0.321 e. The van der Waals surface area contributed by atoms with Crippen LogP contribution in [0.15, 0.2) is 36.9 Å². The first-order valence-electron chi connectivity index (χ1n) is 12.5. The van der Waals surface area contributed by atoms with Gasteiger partial charge < -0.3 is 15.2 Å². The van der Waals surface area contributed by atoms with Gasteiger partial charge in [0.15, 0.2) is 16.8 Å². The van der Waals surface area contributed by atoms with E-state index in [4.69, 9.17) is 14.7 Å². The number of aromatic nitrogens is 5. The van der Waals surface area contributed by atoms with Gasteiger partial charge in [-0.3, -0.25) is 10.2 Å². The fourth-order valence-electron chi connectivity index (χ4n) is 4.11. The molecule has 0 aliphatic carbocycles. The number of ether oxygens (including phenoxy) is 1. The summed E-state index contributed by atoms with van der Waals surface area (Å²) in [6, 6.07) is 3.59. The Morgan fingerprint density at radius 1 is 1.08 bits per heavy atom. The van der Waals surface area contributed by atoms with E-state index in [1.54, 1.807) is 26.2 Å². The van der Waals surface area contributed by atoms with E-state index < -0.39 is 5.60 Å². The molecule has 2 amide bonds. The maximum absolute atomic E-state index is 12.1. The van der Waals surface area contributed by atoms with Crippen molar-refractivity contribution < 1.29 is 14.6 Å². The maximum Gasteiger partial charge on any atom is 0.321 e. The Morgan fingerprint density at radius 2 is 1.79 bits per heavy atom. The summed E-state index contributed by atoms with van der Waals surface area (Å²) in [7, 11) is 0. The number of anilines is 1. The lowest BCUT2D eigenvalue weighted by Crippen LogP contribution is -2.35. The molecule has 3 aromatic heterocycles. The summed E-state index contributed by atoms with van der Waals surface area (Å²) in [6.07, 6.45) is 7.06. The minimum atomic E-state index is -1.14. The topological polar surface area (TPSA) is 138 Å². The Hall–Kier alpha value is -3.58. The molecule has 0 saturated carbocycles. The second kappa shape index (κ2) is 11.0. The van der Waals surface area contributed by atoms with Crippen molar-refractivity contribution in [1.29, 1.82) is 0 Å². The molecular weight excluding hydrogens is 504 g/mol.